The number of benzene rings is 1. The van der Waals surface area contributed by atoms with Gasteiger partial charge in [0.1, 0.15) is 5.60 Å². The highest BCUT2D eigenvalue weighted by atomic mass is 16.3. The van der Waals surface area contributed by atoms with Crippen LogP contribution >= 0.6 is 0 Å². The SMILES string of the molecule is C#C[C@@](C)(O)c1ccccc1N. The minimum Gasteiger partial charge on any atom is -0.398 e. The molecule has 1 aromatic rings. The van der Waals surface area contributed by atoms with Gasteiger partial charge in [-0.15, -0.1) is 6.42 Å². The summed E-state index contributed by atoms with van der Waals surface area (Å²) < 4.78 is 0. The summed E-state index contributed by atoms with van der Waals surface area (Å²) in [5, 5.41) is 9.66. The van der Waals surface area contributed by atoms with Crippen LogP contribution in [0.2, 0.25) is 0 Å². The Morgan fingerprint density at radius 3 is 2.58 bits per heavy atom. The molecule has 0 aliphatic heterocycles. The molecule has 0 aliphatic rings. The van der Waals surface area contributed by atoms with Crippen molar-refractivity contribution in [3.8, 4) is 12.3 Å². The van der Waals surface area contributed by atoms with Gasteiger partial charge in [-0.1, -0.05) is 24.1 Å². The molecule has 1 atom stereocenters. The highest BCUT2D eigenvalue weighted by molar-refractivity contribution is 5.51. The Morgan fingerprint density at radius 1 is 1.50 bits per heavy atom. The first-order valence-corrected chi connectivity index (χ1v) is 3.63. The zero-order valence-corrected chi connectivity index (χ0v) is 6.91. The second-order valence-corrected chi connectivity index (χ2v) is 2.80. The summed E-state index contributed by atoms with van der Waals surface area (Å²) in [4.78, 5) is 0. The molecule has 2 heteroatoms. The van der Waals surface area contributed by atoms with Gasteiger partial charge in [-0.25, -0.2) is 0 Å². The largest absolute Gasteiger partial charge is 0.398 e. The van der Waals surface area contributed by atoms with Gasteiger partial charge in [-0.3, -0.25) is 0 Å². The lowest BCUT2D eigenvalue weighted by molar-refractivity contribution is 0.123. The smallest absolute Gasteiger partial charge is 0.149 e. The maximum absolute atomic E-state index is 9.66. The van der Waals surface area contributed by atoms with Crippen LogP contribution in [0.5, 0.6) is 0 Å². The van der Waals surface area contributed by atoms with Crippen molar-refractivity contribution in [3.05, 3.63) is 29.8 Å². The number of anilines is 1. The second kappa shape index (κ2) is 2.88. The van der Waals surface area contributed by atoms with Crippen LogP contribution in [0, 0.1) is 12.3 Å². The van der Waals surface area contributed by atoms with Gasteiger partial charge in [0, 0.05) is 11.3 Å². The van der Waals surface area contributed by atoms with E-state index < -0.39 is 5.60 Å². The summed E-state index contributed by atoms with van der Waals surface area (Å²) in [7, 11) is 0. The lowest BCUT2D eigenvalue weighted by Crippen LogP contribution is -2.19. The van der Waals surface area contributed by atoms with Crippen LogP contribution in [-0.4, -0.2) is 5.11 Å². The Hall–Kier alpha value is -1.46. The van der Waals surface area contributed by atoms with E-state index in [1.807, 2.05) is 0 Å². The molecule has 1 aromatic carbocycles. The molecule has 1 rings (SSSR count). The van der Waals surface area contributed by atoms with E-state index in [9.17, 15) is 5.11 Å². The van der Waals surface area contributed by atoms with E-state index >= 15 is 0 Å². The highest BCUT2D eigenvalue weighted by Gasteiger charge is 2.21. The molecule has 0 aromatic heterocycles. The van der Waals surface area contributed by atoms with Gasteiger partial charge in [0.15, 0.2) is 0 Å². The molecule has 2 nitrogen and oxygen atoms in total. The minimum atomic E-state index is -1.27. The Bertz CT molecular complexity index is 323. The van der Waals surface area contributed by atoms with Crippen LogP contribution in [0.25, 0.3) is 0 Å². The maximum atomic E-state index is 9.66. The summed E-state index contributed by atoms with van der Waals surface area (Å²) in [5.41, 5.74) is 5.44. The summed E-state index contributed by atoms with van der Waals surface area (Å²) in [6.45, 7) is 1.54. The van der Waals surface area contributed by atoms with Crippen LogP contribution in [-0.2, 0) is 5.60 Å². The molecule has 0 saturated carbocycles. The Morgan fingerprint density at radius 2 is 2.08 bits per heavy atom. The van der Waals surface area contributed by atoms with E-state index in [0.717, 1.165) is 0 Å². The van der Waals surface area contributed by atoms with Crippen molar-refractivity contribution in [1.82, 2.24) is 0 Å². The normalized spacial score (nSPS) is 14.8. The molecule has 0 fully saturated rings. The third-order valence-electron chi connectivity index (χ3n) is 1.77. The third-order valence-corrected chi connectivity index (χ3v) is 1.77. The van der Waals surface area contributed by atoms with Crippen molar-refractivity contribution in [3.63, 3.8) is 0 Å². The van der Waals surface area contributed by atoms with Crippen molar-refractivity contribution >= 4 is 5.69 Å². The molecule has 0 bridgehead atoms. The van der Waals surface area contributed by atoms with Crippen molar-refractivity contribution in [2.24, 2.45) is 0 Å². The summed E-state index contributed by atoms with van der Waals surface area (Å²) in [6.07, 6.45) is 5.15. The molecule has 0 amide bonds. The van der Waals surface area contributed by atoms with Crippen LogP contribution < -0.4 is 5.73 Å². The van der Waals surface area contributed by atoms with Crippen LogP contribution in [0.4, 0.5) is 5.69 Å². The molecule has 0 aliphatic carbocycles. The van der Waals surface area contributed by atoms with E-state index in [1.54, 1.807) is 31.2 Å². The lowest BCUT2D eigenvalue weighted by Gasteiger charge is -2.18. The number of terminal acetylenes is 1. The highest BCUT2D eigenvalue weighted by Crippen LogP contribution is 2.24. The van der Waals surface area contributed by atoms with Crippen LogP contribution in [0.1, 0.15) is 12.5 Å². The Kier molecular flexibility index (Phi) is 2.07. The van der Waals surface area contributed by atoms with Crippen molar-refractivity contribution in [2.45, 2.75) is 12.5 Å². The predicted octanol–water partition coefficient (Wildman–Crippen LogP) is 1.11. The van der Waals surface area contributed by atoms with Gasteiger partial charge in [0.05, 0.1) is 0 Å². The molecular formula is C10H11NO. The first-order chi connectivity index (χ1) is 5.58. The first kappa shape index (κ1) is 8.63. The Balaban J connectivity index is 3.22. The van der Waals surface area contributed by atoms with E-state index in [1.165, 1.54) is 0 Å². The zero-order chi connectivity index (χ0) is 9.19. The molecule has 0 radical (unpaired) electrons. The van der Waals surface area contributed by atoms with Gasteiger partial charge >= 0.3 is 0 Å². The minimum absolute atomic E-state index is 0.514. The fourth-order valence-electron chi connectivity index (χ4n) is 1.02. The molecule has 0 spiro atoms. The summed E-state index contributed by atoms with van der Waals surface area (Å²) >= 11 is 0. The van der Waals surface area contributed by atoms with Crippen molar-refractivity contribution < 1.29 is 5.11 Å². The monoisotopic (exact) mass is 161 g/mol. The predicted molar refractivity (Wildman–Crippen MR) is 49.3 cm³/mol. The maximum Gasteiger partial charge on any atom is 0.149 e. The summed E-state index contributed by atoms with van der Waals surface area (Å²) in [6, 6.07) is 7.01. The number of hydrogen-bond acceptors (Lipinski definition) is 2. The van der Waals surface area contributed by atoms with Gasteiger partial charge in [-0.05, 0) is 13.0 Å². The number of hydrogen-bond donors (Lipinski definition) is 2. The Labute approximate surface area is 72.0 Å². The van der Waals surface area contributed by atoms with E-state index in [2.05, 4.69) is 5.92 Å². The molecule has 12 heavy (non-hydrogen) atoms. The molecule has 62 valence electrons. The molecule has 3 N–H and O–H groups in total. The fraction of sp³-hybridized carbons (Fsp3) is 0.200. The van der Waals surface area contributed by atoms with Gasteiger partial charge in [0.25, 0.3) is 0 Å². The molecule has 0 saturated heterocycles. The van der Waals surface area contributed by atoms with E-state index in [-0.39, 0.29) is 0 Å². The van der Waals surface area contributed by atoms with E-state index in [4.69, 9.17) is 12.2 Å². The average molecular weight is 161 g/mol. The second-order valence-electron chi connectivity index (χ2n) is 2.80. The lowest BCUT2D eigenvalue weighted by atomic mass is 9.96. The van der Waals surface area contributed by atoms with Crippen LogP contribution in [0.15, 0.2) is 24.3 Å². The first-order valence-electron chi connectivity index (χ1n) is 3.63. The van der Waals surface area contributed by atoms with E-state index in [0.29, 0.717) is 11.3 Å². The van der Waals surface area contributed by atoms with Gasteiger partial charge < -0.3 is 10.8 Å². The number of nitrogen functional groups attached to an aromatic ring is 1. The average Bonchev–Trinajstić information content (AvgIpc) is 2.05. The molecular weight excluding hydrogens is 150 g/mol. The zero-order valence-electron chi connectivity index (χ0n) is 6.91. The molecule has 0 heterocycles. The third kappa shape index (κ3) is 1.41. The van der Waals surface area contributed by atoms with Gasteiger partial charge in [0.2, 0.25) is 0 Å². The van der Waals surface area contributed by atoms with Crippen molar-refractivity contribution in [2.75, 3.05) is 5.73 Å². The number of rotatable bonds is 1. The number of aliphatic hydroxyl groups is 1. The standard InChI is InChI=1S/C10H11NO/c1-3-10(2,12)8-6-4-5-7-9(8)11/h1,4-7,12H,11H2,2H3/t10-/m1/s1. The van der Waals surface area contributed by atoms with Crippen LogP contribution in [0.3, 0.4) is 0 Å². The number of nitrogens with two attached hydrogens (primary N) is 1. The quantitative estimate of drug-likeness (QED) is 0.478. The molecule has 0 unspecified atom stereocenters. The number of para-hydroxylation sites is 1. The fourth-order valence-corrected chi connectivity index (χ4v) is 1.02. The topological polar surface area (TPSA) is 46.2 Å². The van der Waals surface area contributed by atoms with Gasteiger partial charge in [-0.2, -0.15) is 0 Å². The summed E-state index contributed by atoms with van der Waals surface area (Å²) in [5.74, 6) is 2.27. The van der Waals surface area contributed by atoms with Crippen molar-refractivity contribution in [1.29, 1.82) is 0 Å².